The molecule has 0 aliphatic rings. The third kappa shape index (κ3) is 6.77. The molecule has 7 nitrogen and oxygen atoms in total. The van der Waals surface area contributed by atoms with Gasteiger partial charge in [0.1, 0.15) is 0 Å². The van der Waals surface area contributed by atoms with Crippen LogP contribution in [-0.4, -0.2) is 36.9 Å². The summed E-state index contributed by atoms with van der Waals surface area (Å²) in [5, 5.41) is 12.8. The van der Waals surface area contributed by atoms with Crippen molar-refractivity contribution in [3.05, 3.63) is 58.1 Å². The van der Waals surface area contributed by atoms with Crippen molar-refractivity contribution in [2.45, 2.75) is 32.6 Å². The quantitative estimate of drug-likeness (QED) is 0.488. The largest absolute Gasteiger partial charge is 0.493 e. The highest BCUT2D eigenvalue weighted by Gasteiger charge is 2.14. The van der Waals surface area contributed by atoms with Gasteiger partial charge in [0.25, 0.3) is 0 Å². The molecule has 2 N–H and O–H groups in total. The van der Waals surface area contributed by atoms with E-state index in [9.17, 15) is 9.59 Å². The molecule has 2 aromatic carbocycles. The SMILES string of the molecule is COc1cc(/C=N\NC(=O)Cc2ccc(C(C)(C)C)cc2)cc(Cl)c1OCC(=O)O. The number of aliphatic carboxylic acids is 1. The molecule has 0 spiro atoms. The first-order chi connectivity index (χ1) is 14.1. The summed E-state index contributed by atoms with van der Waals surface area (Å²) >= 11 is 6.14. The molecule has 0 aliphatic heterocycles. The highest BCUT2D eigenvalue weighted by atomic mass is 35.5. The Labute approximate surface area is 180 Å². The van der Waals surface area contributed by atoms with Crippen LogP contribution in [-0.2, 0) is 21.4 Å². The summed E-state index contributed by atoms with van der Waals surface area (Å²) in [6.07, 6.45) is 1.61. The molecule has 1 amide bonds. The van der Waals surface area contributed by atoms with Crippen molar-refractivity contribution in [1.29, 1.82) is 0 Å². The average molecular weight is 433 g/mol. The Bertz CT molecular complexity index is 934. The summed E-state index contributed by atoms with van der Waals surface area (Å²) in [6, 6.07) is 11.0. The molecule has 30 heavy (non-hydrogen) atoms. The summed E-state index contributed by atoms with van der Waals surface area (Å²) in [5.41, 5.74) is 5.17. The Morgan fingerprint density at radius 3 is 2.43 bits per heavy atom. The molecule has 2 aromatic rings. The Morgan fingerprint density at radius 1 is 1.20 bits per heavy atom. The highest BCUT2D eigenvalue weighted by molar-refractivity contribution is 6.32. The fourth-order valence-electron chi connectivity index (χ4n) is 2.61. The average Bonchev–Trinajstić information content (AvgIpc) is 2.66. The van der Waals surface area contributed by atoms with Crippen LogP contribution in [0.5, 0.6) is 11.5 Å². The predicted molar refractivity (Wildman–Crippen MR) is 116 cm³/mol. The number of nitrogens with zero attached hydrogens (tertiary/aromatic N) is 1. The predicted octanol–water partition coefficient (Wildman–Crippen LogP) is 3.80. The second-order valence-corrected chi connectivity index (χ2v) is 8.04. The van der Waals surface area contributed by atoms with Gasteiger partial charge in [-0.3, -0.25) is 4.79 Å². The fraction of sp³-hybridized carbons (Fsp3) is 0.318. The van der Waals surface area contributed by atoms with Gasteiger partial charge in [0.2, 0.25) is 5.91 Å². The Kier molecular flexibility index (Phi) is 7.83. The standard InChI is InChI=1S/C22H25ClN2O5/c1-22(2,3)16-7-5-14(6-8-16)11-19(26)25-24-12-15-9-17(23)21(18(10-15)29-4)30-13-20(27)28/h5-10,12H,11,13H2,1-4H3,(H,25,26)(H,27,28)/b24-12-. The number of carbonyl (C=O) groups is 2. The molecule has 0 heterocycles. The first-order valence-corrected chi connectivity index (χ1v) is 9.61. The molecule has 0 atom stereocenters. The van der Waals surface area contributed by atoms with E-state index in [1.54, 1.807) is 6.07 Å². The van der Waals surface area contributed by atoms with Crippen LogP contribution in [0.3, 0.4) is 0 Å². The van der Waals surface area contributed by atoms with Crippen molar-refractivity contribution < 1.29 is 24.2 Å². The monoisotopic (exact) mass is 432 g/mol. The molecule has 0 aromatic heterocycles. The maximum atomic E-state index is 12.1. The lowest BCUT2D eigenvalue weighted by Crippen LogP contribution is -2.20. The number of halogens is 1. The van der Waals surface area contributed by atoms with Crippen LogP contribution in [0.1, 0.15) is 37.5 Å². The molecule has 160 valence electrons. The van der Waals surface area contributed by atoms with Crippen molar-refractivity contribution in [2.24, 2.45) is 5.10 Å². The molecule has 0 bridgehead atoms. The molecule has 0 fully saturated rings. The lowest BCUT2D eigenvalue weighted by atomic mass is 9.86. The summed E-state index contributed by atoms with van der Waals surface area (Å²) in [5.74, 6) is -0.999. The van der Waals surface area contributed by atoms with Crippen molar-refractivity contribution in [3.63, 3.8) is 0 Å². The number of carboxylic acids is 1. The Morgan fingerprint density at radius 2 is 1.87 bits per heavy atom. The van der Waals surface area contributed by atoms with Crippen LogP contribution in [0.15, 0.2) is 41.5 Å². The zero-order valence-corrected chi connectivity index (χ0v) is 18.1. The number of benzene rings is 2. The van der Waals surface area contributed by atoms with Crippen molar-refractivity contribution in [3.8, 4) is 11.5 Å². The molecule has 0 unspecified atom stereocenters. The number of ether oxygens (including phenoxy) is 2. The second kappa shape index (κ2) is 10.1. The van der Waals surface area contributed by atoms with Crippen molar-refractivity contribution in [1.82, 2.24) is 5.43 Å². The van der Waals surface area contributed by atoms with E-state index < -0.39 is 12.6 Å². The van der Waals surface area contributed by atoms with Gasteiger partial charge in [0, 0.05) is 0 Å². The van der Waals surface area contributed by atoms with Gasteiger partial charge < -0.3 is 14.6 Å². The number of hydrogen-bond donors (Lipinski definition) is 2. The van der Waals surface area contributed by atoms with Gasteiger partial charge in [-0.2, -0.15) is 5.10 Å². The fourth-order valence-corrected chi connectivity index (χ4v) is 2.89. The smallest absolute Gasteiger partial charge is 0.341 e. The van der Waals surface area contributed by atoms with E-state index >= 15 is 0 Å². The highest BCUT2D eigenvalue weighted by Crippen LogP contribution is 2.36. The van der Waals surface area contributed by atoms with Crippen LogP contribution in [0, 0.1) is 0 Å². The number of hydrogen-bond acceptors (Lipinski definition) is 5. The normalized spacial score (nSPS) is 11.4. The zero-order valence-electron chi connectivity index (χ0n) is 17.4. The van der Waals surface area contributed by atoms with Crippen LogP contribution in [0.4, 0.5) is 0 Å². The number of amides is 1. The number of carbonyl (C=O) groups excluding carboxylic acids is 1. The summed E-state index contributed by atoms with van der Waals surface area (Å²) in [6.45, 7) is 5.86. The maximum absolute atomic E-state index is 12.1. The summed E-state index contributed by atoms with van der Waals surface area (Å²) in [7, 11) is 1.41. The minimum atomic E-state index is -1.13. The molecule has 2 rings (SSSR count). The minimum Gasteiger partial charge on any atom is -0.493 e. The Hall–Kier alpha value is -3.06. The van der Waals surface area contributed by atoms with Gasteiger partial charge >= 0.3 is 5.97 Å². The van der Waals surface area contributed by atoms with E-state index in [0.717, 1.165) is 5.56 Å². The zero-order chi connectivity index (χ0) is 22.3. The van der Waals surface area contributed by atoms with Gasteiger partial charge in [-0.05, 0) is 34.2 Å². The van der Waals surface area contributed by atoms with Gasteiger partial charge in [-0.1, -0.05) is 56.6 Å². The van der Waals surface area contributed by atoms with Crippen LogP contribution < -0.4 is 14.9 Å². The maximum Gasteiger partial charge on any atom is 0.341 e. The minimum absolute atomic E-state index is 0.0572. The van der Waals surface area contributed by atoms with E-state index in [1.165, 1.54) is 25.0 Å². The lowest BCUT2D eigenvalue weighted by Gasteiger charge is -2.19. The van der Waals surface area contributed by atoms with Crippen LogP contribution in [0.2, 0.25) is 5.02 Å². The number of rotatable bonds is 8. The van der Waals surface area contributed by atoms with Crippen LogP contribution in [0.25, 0.3) is 0 Å². The first-order valence-electron chi connectivity index (χ1n) is 9.23. The molecule has 8 heteroatoms. The first kappa shape index (κ1) is 23.2. The van der Waals surface area contributed by atoms with Gasteiger partial charge in [-0.15, -0.1) is 0 Å². The van der Waals surface area contributed by atoms with Crippen molar-refractivity contribution in [2.75, 3.05) is 13.7 Å². The second-order valence-electron chi connectivity index (χ2n) is 7.63. The number of methoxy groups -OCH3 is 1. The molecular formula is C22H25ClN2O5. The van der Waals surface area contributed by atoms with Gasteiger partial charge in [0.05, 0.1) is 24.8 Å². The third-order valence-electron chi connectivity index (χ3n) is 4.18. The summed E-state index contributed by atoms with van der Waals surface area (Å²) in [4.78, 5) is 22.8. The van der Waals surface area contributed by atoms with Gasteiger partial charge in [0.15, 0.2) is 18.1 Å². The van der Waals surface area contributed by atoms with Crippen LogP contribution >= 0.6 is 11.6 Å². The lowest BCUT2D eigenvalue weighted by molar-refractivity contribution is -0.139. The van der Waals surface area contributed by atoms with E-state index in [4.69, 9.17) is 26.2 Å². The summed E-state index contributed by atoms with van der Waals surface area (Å²) < 4.78 is 10.3. The number of hydrazone groups is 1. The van der Waals surface area contributed by atoms with E-state index in [2.05, 4.69) is 31.3 Å². The topological polar surface area (TPSA) is 97.2 Å². The molecule has 0 radical (unpaired) electrons. The number of nitrogens with one attached hydrogen (secondary N) is 1. The molecule has 0 saturated heterocycles. The van der Waals surface area contributed by atoms with E-state index in [0.29, 0.717) is 5.56 Å². The van der Waals surface area contributed by atoms with E-state index in [-0.39, 0.29) is 34.3 Å². The molecule has 0 saturated carbocycles. The molecular weight excluding hydrogens is 408 g/mol. The number of carboxylic acid groups (broad SMARTS) is 1. The van der Waals surface area contributed by atoms with Gasteiger partial charge in [-0.25, -0.2) is 10.2 Å². The van der Waals surface area contributed by atoms with Crippen molar-refractivity contribution >= 4 is 29.7 Å². The Balaban J connectivity index is 1.99. The molecule has 0 aliphatic carbocycles. The third-order valence-corrected chi connectivity index (χ3v) is 4.46. The van der Waals surface area contributed by atoms with E-state index in [1.807, 2.05) is 24.3 Å².